The Hall–Kier alpha value is -1.57. The Balaban J connectivity index is 1.75. The molecule has 1 heterocycles. The predicted octanol–water partition coefficient (Wildman–Crippen LogP) is 2.25. The van der Waals surface area contributed by atoms with E-state index in [-0.39, 0.29) is 12.2 Å². The van der Waals surface area contributed by atoms with E-state index in [1.54, 1.807) is 0 Å². The van der Waals surface area contributed by atoms with Crippen LogP contribution >= 0.6 is 0 Å². The molecule has 0 aromatic heterocycles. The smallest absolute Gasteiger partial charge is 0.174 e. The van der Waals surface area contributed by atoms with E-state index in [0.29, 0.717) is 0 Å². The summed E-state index contributed by atoms with van der Waals surface area (Å²) in [4.78, 5) is 0. The van der Waals surface area contributed by atoms with Gasteiger partial charge in [-0.1, -0.05) is 12.1 Å². The largest absolute Gasteiger partial charge is 0.479 e. The highest BCUT2D eigenvalue weighted by molar-refractivity contribution is 5.27. The molecule has 0 bridgehead atoms. The molecule has 102 valence electrons. The van der Waals surface area contributed by atoms with Crippen LogP contribution in [0.1, 0.15) is 25.3 Å². The number of hydrogen-bond donors (Lipinski definition) is 1. The summed E-state index contributed by atoms with van der Waals surface area (Å²) in [5, 5.41) is 11.9. The molecule has 0 radical (unpaired) electrons. The number of hydrogen-bond acceptors (Lipinski definition) is 4. The van der Waals surface area contributed by atoms with Crippen molar-refractivity contribution >= 4 is 0 Å². The monoisotopic (exact) mass is 260 g/mol. The van der Waals surface area contributed by atoms with Crippen molar-refractivity contribution in [2.24, 2.45) is 0 Å². The van der Waals surface area contributed by atoms with E-state index in [1.807, 2.05) is 30.3 Å². The molecule has 0 amide bonds. The maximum Gasteiger partial charge on any atom is 0.174 e. The summed E-state index contributed by atoms with van der Waals surface area (Å²) >= 11 is 0. The molecule has 1 atom stereocenters. The molecule has 2 rings (SSSR count). The van der Waals surface area contributed by atoms with Gasteiger partial charge >= 0.3 is 0 Å². The second kappa shape index (κ2) is 6.55. The van der Waals surface area contributed by atoms with Crippen molar-refractivity contribution in [3.05, 3.63) is 29.8 Å². The minimum atomic E-state index is -0.00412. The minimum absolute atomic E-state index is 0.00412. The third kappa shape index (κ3) is 4.23. The van der Waals surface area contributed by atoms with Gasteiger partial charge in [-0.25, -0.2) is 0 Å². The lowest BCUT2D eigenvalue weighted by Crippen LogP contribution is -2.36. The van der Waals surface area contributed by atoms with Crippen molar-refractivity contribution in [2.75, 3.05) is 19.8 Å². The molecule has 1 fully saturated rings. The number of nitrogens with one attached hydrogen (secondary N) is 1. The summed E-state index contributed by atoms with van der Waals surface area (Å²) in [6.07, 6.45) is 2.28. The number of nitrogens with zero attached hydrogens (tertiary/aromatic N) is 1. The fourth-order valence-electron chi connectivity index (χ4n) is 2.27. The van der Waals surface area contributed by atoms with E-state index in [0.717, 1.165) is 38.3 Å². The Morgan fingerprint density at radius 1 is 1.42 bits per heavy atom. The molecule has 0 saturated carbocycles. The van der Waals surface area contributed by atoms with Crippen LogP contribution in [0.3, 0.4) is 0 Å². The highest BCUT2D eigenvalue weighted by Gasteiger charge is 2.28. The lowest BCUT2D eigenvalue weighted by Gasteiger charge is -2.23. The van der Waals surface area contributed by atoms with Crippen LogP contribution in [0.5, 0.6) is 5.75 Å². The molecular formula is C15H20N2O2. The molecule has 1 saturated heterocycles. The highest BCUT2D eigenvalue weighted by atomic mass is 16.5. The van der Waals surface area contributed by atoms with Crippen LogP contribution in [0.25, 0.3) is 0 Å². The molecule has 4 heteroatoms. The van der Waals surface area contributed by atoms with Gasteiger partial charge in [-0.2, -0.15) is 5.26 Å². The van der Waals surface area contributed by atoms with Crippen LogP contribution in [0, 0.1) is 11.3 Å². The standard InChI is InChI=1S/C15H20N2O2/c1-15(7-2-9-19-15)12-17-11-13-3-5-14(6-4-13)18-10-8-16/h3-6,17H,2,7,9-12H2,1H3. The molecule has 1 aliphatic rings. The van der Waals surface area contributed by atoms with Crippen molar-refractivity contribution in [3.63, 3.8) is 0 Å². The maximum atomic E-state index is 8.43. The second-order valence-electron chi connectivity index (χ2n) is 5.10. The van der Waals surface area contributed by atoms with Crippen LogP contribution in [0.2, 0.25) is 0 Å². The summed E-state index contributed by atoms with van der Waals surface area (Å²) in [5.74, 6) is 0.733. The number of nitriles is 1. The molecule has 1 aromatic carbocycles. The molecule has 1 unspecified atom stereocenters. The maximum absolute atomic E-state index is 8.43. The van der Waals surface area contributed by atoms with E-state index in [1.165, 1.54) is 5.56 Å². The van der Waals surface area contributed by atoms with Gasteiger partial charge in [-0.15, -0.1) is 0 Å². The zero-order valence-corrected chi connectivity index (χ0v) is 11.3. The van der Waals surface area contributed by atoms with E-state index in [4.69, 9.17) is 14.7 Å². The Morgan fingerprint density at radius 2 is 2.21 bits per heavy atom. The summed E-state index contributed by atoms with van der Waals surface area (Å²) in [6, 6.07) is 9.76. The van der Waals surface area contributed by atoms with Gasteiger partial charge in [-0.05, 0) is 37.5 Å². The second-order valence-corrected chi connectivity index (χ2v) is 5.10. The fourth-order valence-corrected chi connectivity index (χ4v) is 2.27. The van der Waals surface area contributed by atoms with Gasteiger partial charge in [0, 0.05) is 19.7 Å². The number of benzene rings is 1. The molecule has 4 nitrogen and oxygen atoms in total. The summed E-state index contributed by atoms with van der Waals surface area (Å²) in [7, 11) is 0. The Labute approximate surface area is 114 Å². The third-order valence-corrected chi connectivity index (χ3v) is 3.36. The molecule has 1 aromatic rings. The first-order valence-electron chi connectivity index (χ1n) is 6.65. The summed E-state index contributed by atoms with van der Waals surface area (Å²) in [5.41, 5.74) is 1.20. The van der Waals surface area contributed by atoms with Gasteiger partial charge in [0.25, 0.3) is 0 Å². The average Bonchev–Trinajstić information content (AvgIpc) is 2.85. The normalized spacial score (nSPS) is 22.1. The average molecular weight is 260 g/mol. The van der Waals surface area contributed by atoms with Crippen LogP contribution in [0.15, 0.2) is 24.3 Å². The van der Waals surface area contributed by atoms with Gasteiger partial charge in [0.15, 0.2) is 6.61 Å². The molecule has 19 heavy (non-hydrogen) atoms. The Kier molecular flexibility index (Phi) is 4.78. The molecule has 1 N–H and O–H groups in total. The van der Waals surface area contributed by atoms with Crippen LogP contribution in [-0.2, 0) is 11.3 Å². The van der Waals surface area contributed by atoms with Crippen molar-refractivity contribution in [3.8, 4) is 11.8 Å². The third-order valence-electron chi connectivity index (χ3n) is 3.36. The molecular weight excluding hydrogens is 240 g/mol. The van der Waals surface area contributed by atoms with Crippen molar-refractivity contribution in [2.45, 2.75) is 31.9 Å². The van der Waals surface area contributed by atoms with Gasteiger partial charge < -0.3 is 14.8 Å². The van der Waals surface area contributed by atoms with Crippen LogP contribution < -0.4 is 10.1 Å². The summed E-state index contributed by atoms with van der Waals surface area (Å²) < 4.78 is 10.9. The van der Waals surface area contributed by atoms with Gasteiger partial charge in [0.1, 0.15) is 11.8 Å². The first kappa shape index (κ1) is 13.9. The van der Waals surface area contributed by atoms with Crippen molar-refractivity contribution < 1.29 is 9.47 Å². The number of rotatable bonds is 6. The Morgan fingerprint density at radius 3 is 2.84 bits per heavy atom. The zero-order chi connectivity index (χ0) is 13.6. The molecule has 0 spiro atoms. The fraction of sp³-hybridized carbons (Fsp3) is 0.533. The Bertz CT molecular complexity index is 430. The van der Waals surface area contributed by atoms with Gasteiger partial charge in [0.05, 0.1) is 5.60 Å². The quantitative estimate of drug-likeness (QED) is 0.852. The van der Waals surface area contributed by atoms with Crippen LogP contribution in [0.4, 0.5) is 0 Å². The van der Waals surface area contributed by atoms with Gasteiger partial charge in [0.2, 0.25) is 0 Å². The van der Waals surface area contributed by atoms with Gasteiger partial charge in [-0.3, -0.25) is 0 Å². The zero-order valence-electron chi connectivity index (χ0n) is 11.3. The topological polar surface area (TPSA) is 54.3 Å². The first-order chi connectivity index (χ1) is 9.22. The predicted molar refractivity (Wildman–Crippen MR) is 72.8 cm³/mol. The number of ether oxygens (including phenoxy) is 2. The van der Waals surface area contributed by atoms with E-state index < -0.39 is 0 Å². The van der Waals surface area contributed by atoms with Crippen LogP contribution in [-0.4, -0.2) is 25.4 Å². The summed E-state index contributed by atoms with van der Waals surface area (Å²) in [6.45, 7) is 4.82. The minimum Gasteiger partial charge on any atom is -0.479 e. The van der Waals surface area contributed by atoms with Crippen molar-refractivity contribution in [1.82, 2.24) is 5.32 Å². The van der Waals surface area contributed by atoms with E-state index in [9.17, 15) is 0 Å². The van der Waals surface area contributed by atoms with E-state index in [2.05, 4.69) is 12.2 Å². The van der Waals surface area contributed by atoms with E-state index >= 15 is 0 Å². The molecule has 1 aliphatic heterocycles. The lowest BCUT2D eigenvalue weighted by atomic mass is 10.0. The lowest BCUT2D eigenvalue weighted by molar-refractivity contribution is 0.0207. The van der Waals surface area contributed by atoms with Crippen molar-refractivity contribution in [1.29, 1.82) is 5.26 Å². The molecule has 0 aliphatic carbocycles. The first-order valence-corrected chi connectivity index (χ1v) is 6.65. The highest BCUT2D eigenvalue weighted by Crippen LogP contribution is 2.24. The SMILES string of the molecule is CC1(CNCc2ccc(OCC#N)cc2)CCCO1.